The average Bonchev–Trinajstić information content (AvgIpc) is 3.77. The van der Waals surface area contributed by atoms with E-state index in [0.29, 0.717) is 5.69 Å². The fourth-order valence-electron chi connectivity index (χ4n) is 6.03. The van der Waals surface area contributed by atoms with Crippen molar-refractivity contribution in [2.24, 2.45) is 0 Å². The zero-order valence-electron chi connectivity index (χ0n) is 24.9. The topological polar surface area (TPSA) is 180 Å². The Morgan fingerprint density at radius 2 is 1.74 bits per heavy atom. The van der Waals surface area contributed by atoms with E-state index < -0.39 is 88.4 Å². The van der Waals surface area contributed by atoms with Crippen molar-refractivity contribution in [3.63, 3.8) is 0 Å². The molecular weight excluding hydrogens is 647 g/mol. The fraction of sp³-hybridized carbons (Fsp3) is 0.448. The zero-order valence-corrected chi connectivity index (χ0v) is 25.8. The molecule has 0 amide bonds. The molecule has 1 unspecified atom stereocenters. The number of carbonyl (C=O) groups is 1. The summed E-state index contributed by atoms with van der Waals surface area (Å²) in [6.45, 7) is -0.679. The summed E-state index contributed by atoms with van der Waals surface area (Å²) in [5.41, 5.74) is 1.17. The van der Waals surface area contributed by atoms with Gasteiger partial charge in [-0.1, -0.05) is 10.4 Å². The van der Waals surface area contributed by atoms with Gasteiger partial charge in [-0.3, -0.25) is 4.98 Å². The molecule has 4 aromatic rings. The highest BCUT2D eigenvalue weighted by Crippen LogP contribution is 2.51. The van der Waals surface area contributed by atoms with Gasteiger partial charge in [0.25, 0.3) is 0 Å². The van der Waals surface area contributed by atoms with Crippen LogP contribution in [0, 0.1) is 17.5 Å². The van der Waals surface area contributed by atoms with Crippen molar-refractivity contribution in [1.29, 1.82) is 0 Å². The van der Waals surface area contributed by atoms with Crippen molar-refractivity contribution in [2.75, 3.05) is 39.3 Å². The van der Waals surface area contributed by atoms with Gasteiger partial charge in [0.1, 0.15) is 30.1 Å². The molecule has 18 heteroatoms. The molecule has 47 heavy (non-hydrogen) atoms. The molecule has 5 heterocycles. The monoisotopic (exact) mass is 679 g/mol. The van der Waals surface area contributed by atoms with Crippen LogP contribution >= 0.6 is 10.9 Å². The molecule has 14 nitrogen and oxygen atoms in total. The maximum Gasteiger partial charge on any atom is 0.331 e. The van der Waals surface area contributed by atoms with Crippen molar-refractivity contribution >= 4 is 16.9 Å². The van der Waals surface area contributed by atoms with Crippen molar-refractivity contribution in [2.45, 2.75) is 40.9 Å². The number of ether oxygens (including phenoxy) is 3. The van der Waals surface area contributed by atoms with Gasteiger partial charge >= 0.3 is 5.97 Å². The first-order valence-electron chi connectivity index (χ1n) is 14.6. The fourth-order valence-corrected chi connectivity index (χ4v) is 9.47. The summed E-state index contributed by atoms with van der Waals surface area (Å²) in [5.74, 6) is -4.95. The first kappa shape index (κ1) is 33.0. The third-order valence-corrected chi connectivity index (χ3v) is 11.9. The van der Waals surface area contributed by atoms with E-state index in [-0.39, 0.29) is 30.2 Å². The first-order valence-corrected chi connectivity index (χ1v) is 16.2. The SMILES string of the molecule is COC(=O)CO[C@H]1C[SH]([C@@H]2COC[C@H](n3cc(-c4cccnc4)nn3)[C@H]2O)[C@H](CO)[C@H](O)[C@@H]1n1cc(-c2cc(F)c(F)c(F)c2)nn1. The Morgan fingerprint density at radius 1 is 1.04 bits per heavy atom. The number of pyridine rings is 1. The van der Waals surface area contributed by atoms with Crippen LogP contribution in [0.1, 0.15) is 12.1 Å². The third-order valence-electron chi connectivity index (χ3n) is 8.47. The number of hydrogen-bond donors (Lipinski definition) is 4. The largest absolute Gasteiger partial charge is 0.467 e. The Labute approximate surface area is 268 Å². The molecule has 3 aromatic heterocycles. The highest BCUT2D eigenvalue weighted by molar-refractivity contribution is 8.18. The van der Waals surface area contributed by atoms with E-state index in [1.807, 2.05) is 6.07 Å². The highest BCUT2D eigenvalue weighted by Gasteiger charge is 2.50. The number of aliphatic hydroxyl groups is 3. The van der Waals surface area contributed by atoms with Gasteiger partial charge in [-0.15, -0.1) is 10.2 Å². The Bertz CT molecular complexity index is 1680. The van der Waals surface area contributed by atoms with Gasteiger partial charge in [0.2, 0.25) is 0 Å². The van der Waals surface area contributed by atoms with Crippen LogP contribution < -0.4 is 0 Å². The normalized spacial score (nSPS) is 28.7. The van der Waals surface area contributed by atoms with Crippen molar-refractivity contribution in [1.82, 2.24) is 35.0 Å². The lowest BCUT2D eigenvalue weighted by Gasteiger charge is -2.51. The van der Waals surface area contributed by atoms with Crippen LogP contribution in [-0.4, -0.2) is 124 Å². The van der Waals surface area contributed by atoms with E-state index in [9.17, 15) is 33.3 Å². The van der Waals surface area contributed by atoms with Crippen molar-refractivity contribution in [3.8, 4) is 22.5 Å². The summed E-state index contributed by atoms with van der Waals surface area (Å²) in [4.78, 5) is 16.2. The van der Waals surface area contributed by atoms with E-state index in [0.717, 1.165) is 17.7 Å². The van der Waals surface area contributed by atoms with Crippen LogP contribution in [0.15, 0.2) is 49.1 Å². The molecule has 2 saturated heterocycles. The third kappa shape index (κ3) is 6.61. The average molecular weight is 680 g/mol. The lowest BCUT2D eigenvalue weighted by Crippen LogP contribution is -2.56. The number of benzene rings is 1. The molecule has 0 spiro atoms. The molecule has 2 fully saturated rings. The summed E-state index contributed by atoms with van der Waals surface area (Å²) < 4.78 is 60.8. The number of rotatable bonds is 9. The van der Waals surface area contributed by atoms with E-state index in [4.69, 9.17) is 14.2 Å². The standard InChI is InChI=1S/C29H32F3N7O7S/c1-44-25(41)13-46-22-14-47(24-12-45-11-21(28(24)42)38-8-19(34-36-38)15-3-2-4-33-7-15)23(10-40)29(43)27(22)39-9-20(35-37-39)16-5-17(30)26(32)18(31)6-16/h2-9,21-24,27-29,40,42-43,47H,10-14H2,1H3/t21-,22-,23+,24+,27+,28+,29-/m0/s1. The summed E-state index contributed by atoms with van der Waals surface area (Å²) in [7, 11) is -0.260. The van der Waals surface area contributed by atoms with Crippen LogP contribution in [-0.2, 0) is 19.0 Å². The summed E-state index contributed by atoms with van der Waals surface area (Å²) in [6.07, 6.45) is 3.00. The smallest absolute Gasteiger partial charge is 0.331 e. The quantitative estimate of drug-likeness (QED) is 0.112. The number of carbonyl (C=O) groups excluding carboxylic acids is 1. The van der Waals surface area contributed by atoms with Gasteiger partial charge in [0.05, 0.1) is 57.6 Å². The number of nitrogens with zero attached hydrogens (tertiary/aromatic N) is 7. The molecule has 2 aliphatic rings. The molecule has 2 aliphatic heterocycles. The van der Waals surface area contributed by atoms with Gasteiger partial charge in [-0.2, -0.15) is 0 Å². The molecular formula is C29H32F3N7O7S. The van der Waals surface area contributed by atoms with Crippen LogP contribution in [0.5, 0.6) is 0 Å². The predicted octanol–water partition coefficient (Wildman–Crippen LogP) is 0.853. The number of aliphatic hydroxyl groups excluding tert-OH is 3. The van der Waals surface area contributed by atoms with E-state index in [1.165, 1.54) is 22.7 Å². The minimum atomic E-state index is -1.63. The summed E-state index contributed by atoms with van der Waals surface area (Å²) in [6, 6.07) is 3.47. The molecule has 1 aromatic carbocycles. The predicted molar refractivity (Wildman–Crippen MR) is 160 cm³/mol. The number of methoxy groups -OCH3 is 1. The Hall–Kier alpha value is -3.94. The minimum absolute atomic E-state index is 0.0208. The maximum absolute atomic E-state index is 13.9. The first-order chi connectivity index (χ1) is 22.7. The number of hydrogen-bond acceptors (Lipinski definition) is 12. The second-order valence-corrected chi connectivity index (χ2v) is 13.9. The zero-order chi connectivity index (χ0) is 33.2. The Morgan fingerprint density at radius 3 is 2.43 bits per heavy atom. The molecule has 0 saturated carbocycles. The number of thiol groups is 1. The van der Waals surface area contributed by atoms with Crippen molar-refractivity contribution in [3.05, 3.63) is 66.5 Å². The lowest BCUT2D eigenvalue weighted by molar-refractivity contribution is -0.149. The van der Waals surface area contributed by atoms with Crippen LogP contribution in [0.4, 0.5) is 13.2 Å². The minimum Gasteiger partial charge on any atom is -0.467 e. The van der Waals surface area contributed by atoms with E-state index in [1.54, 1.807) is 24.7 Å². The second-order valence-electron chi connectivity index (χ2n) is 11.2. The van der Waals surface area contributed by atoms with Gasteiger partial charge < -0.3 is 29.5 Å². The van der Waals surface area contributed by atoms with Gasteiger partial charge in [-0.25, -0.2) is 38.2 Å². The van der Waals surface area contributed by atoms with E-state index >= 15 is 0 Å². The molecule has 3 N–H and O–H groups in total. The maximum atomic E-state index is 13.9. The van der Waals surface area contributed by atoms with Gasteiger partial charge in [0.15, 0.2) is 17.5 Å². The summed E-state index contributed by atoms with van der Waals surface area (Å²) >= 11 is 0. The molecule has 8 atom stereocenters. The highest BCUT2D eigenvalue weighted by atomic mass is 32.2. The van der Waals surface area contributed by atoms with Crippen LogP contribution in [0.3, 0.4) is 0 Å². The molecule has 252 valence electrons. The molecule has 0 bridgehead atoms. The van der Waals surface area contributed by atoms with Crippen LogP contribution in [0.25, 0.3) is 22.5 Å². The van der Waals surface area contributed by atoms with Gasteiger partial charge in [-0.05, 0) is 24.3 Å². The number of halogens is 3. The molecule has 0 radical (unpaired) electrons. The second kappa shape index (κ2) is 14.0. The van der Waals surface area contributed by atoms with Gasteiger partial charge in [0, 0.05) is 39.8 Å². The van der Waals surface area contributed by atoms with E-state index in [2.05, 4.69) is 25.6 Å². The number of esters is 1. The summed E-state index contributed by atoms with van der Waals surface area (Å²) in [5, 5.41) is 49.1. The van der Waals surface area contributed by atoms with Crippen LogP contribution in [0.2, 0.25) is 0 Å². The lowest BCUT2D eigenvalue weighted by atomic mass is 10.0. The number of aromatic nitrogens is 7. The van der Waals surface area contributed by atoms with Crippen molar-refractivity contribution < 1.29 is 47.5 Å². The molecule has 0 aliphatic carbocycles. The molecule has 6 rings (SSSR count). The Kier molecular flexibility index (Phi) is 9.85. The Balaban J connectivity index is 1.28.